The van der Waals surface area contributed by atoms with Crippen molar-refractivity contribution in [1.82, 2.24) is 4.98 Å². The van der Waals surface area contributed by atoms with Gasteiger partial charge < -0.3 is 5.73 Å². The number of halogens is 1. The highest BCUT2D eigenvalue weighted by atomic mass is 19.1. The molecule has 3 rings (SSSR count). The number of hydrogen-bond acceptors (Lipinski definition) is 2. The summed E-state index contributed by atoms with van der Waals surface area (Å²) in [7, 11) is 0. The van der Waals surface area contributed by atoms with E-state index in [1.807, 2.05) is 42.5 Å². The second-order valence-corrected chi connectivity index (χ2v) is 4.80. The molecule has 0 aliphatic heterocycles. The lowest BCUT2D eigenvalue weighted by molar-refractivity contribution is 0.608. The van der Waals surface area contributed by atoms with E-state index in [0.717, 1.165) is 22.2 Å². The molecule has 2 aromatic carbocycles. The smallest absolute Gasteiger partial charge is 0.127 e. The molecule has 0 aliphatic rings. The molecule has 3 heteroatoms. The van der Waals surface area contributed by atoms with Crippen molar-refractivity contribution >= 4 is 10.9 Å². The number of nitrogens with two attached hydrogens (primary N) is 1. The lowest BCUT2D eigenvalue weighted by Crippen LogP contribution is -2.01. The van der Waals surface area contributed by atoms with E-state index in [-0.39, 0.29) is 12.4 Å². The molecule has 0 aliphatic carbocycles. The Morgan fingerprint density at radius 3 is 2.65 bits per heavy atom. The molecule has 0 saturated heterocycles. The molecule has 2 nitrogen and oxygen atoms in total. The van der Waals surface area contributed by atoms with Gasteiger partial charge in [-0.2, -0.15) is 0 Å². The minimum Gasteiger partial charge on any atom is -0.326 e. The second-order valence-electron chi connectivity index (χ2n) is 4.80. The third-order valence-electron chi connectivity index (χ3n) is 3.38. The van der Waals surface area contributed by atoms with Gasteiger partial charge in [0.05, 0.1) is 5.52 Å². The molecule has 100 valence electrons. The normalized spacial score (nSPS) is 10.9. The molecule has 0 spiro atoms. The summed E-state index contributed by atoms with van der Waals surface area (Å²) in [4.78, 5) is 4.60. The van der Waals surface area contributed by atoms with Crippen molar-refractivity contribution in [3.63, 3.8) is 0 Å². The lowest BCUT2D eigenvalue weighted by atomic mass is 10.1. The summed E-state index contributed by atoms with van der Waals surface area (Å²) >= 11 is 0. The van der Waals surface area contributed by atoms with Gasteiger partial charge in [-0.05, 0) is 23.8 Å². The minimum absolute atomic E-state index is 0.223. The van der Waals surface area contributed by atoms with Gasteiger partial charge in [-0.15, -0.1) is 0 Å². The molecular formula is C17H15FN2. The van der Waals surface area contributed by atoms with Gasteiger partial charge in [0, 0.05) is 29.6 Å². The highest BCUT2D eigenvalue weighted by Crippen LogP contribution is 2.16. The van der Waals surface area contributed by atoms with Gasteiger partial charge in [0.2, 0.25) is 0 Å². The first-order valence-corrected chi connectivity index (χ1v) is 6.58. The summed E-state index contributed by atoms with van der Waals surface area (Å²) in [6, 6.07) is 17.2. The Morgan fingerprint density at radius 2 is 1.85 bits per heavy atom. The summed E-state index contributed by atoms with van der Waals surface area (Å²) in [6.45, 7) is 0.223. The third kappa shape index (κ3) is 2.53. The summed E-state index contributed by atoms with van der Waals surface area (Å²) in [5, 5.41) is 1.11. The zero-order chi connectivity index (χ0) is 13.9. The van der Waals surface area contributed by atoms with Gasteiger partial charge in [0.1, 0.15) is 5.82 Å². The van der Waals surface area contributed by atoms with Crippen LogP contribution >= 0.6 is 0 Å². The first-order chi connectivity index (χ1) is 9.76. The highest BCUT2D eigenvalue weighted by molar-refractivity contribution is 5.78. The van der Waals surface area contributed by atoms with E-state index in [9.17, 15) is 4.39 Å². The van der Waals surface area contributed by atoms with Crippen LogP contribution in [0, 0.1) is 5.82 Å². The molecule has 0 atom stereocenters. The van der Waals surface area contributed by atoms with Gasteiger partial charge in [0.15, 0.2) is 0 Å². The van der Waals surface area contributed by atoms with E-state index in [1.54, 1.807) is 12.1 Å². The van der Waals surface area contributed by atoms with Crippen LogP contribution in [0.4, 0.5) is 4.39 Å². The Morgan fingerprint density at radius 1 is 1.00 bits per heavy atom. The first kappa shape index (κ1) is 12.8. The Balaban J connectivity index is 1.90. The van der Waals surface area contributed by atoms with Crippen LogP contribution in [0.5, 0.6) is 0 Å². The van der Waals surface area contributed by atoms with Crippen LogP contribution < -0.4 is 5.73 Å². The Bertz CT molecular complexity index is 753. The summed E-state index contributed by atoms with van der Waals surface area (Å²) in [6.07, 6.45) is 0.618. The number of nitrogens with zero attached hydrogens (tertiary/aromatic N) is 1. The van der Waals surface area contributed by atoms with Crippen molar-refractivity contribution in [2.45, 2.75) is 13.0 Å². The van der Waals surface area contributed by atoms with Crippen molar-refractivity contribution in [1.29, 1.82) is 0 Å². The fourth-order valence-corrected chi connectivity index (χ4v) is 2.28. The number of aromatic nitrogens is 1. The quantitative estimate of drug-likeness (QED) is 0.789. The average Bonchev–Trinajstić information content (AvgIpc) is 2.47. The van der Waals surface area contributed by atoms with Gasteiger partial charge in [-0.3, -0.25) is 4.98 Å². The van der Waals surface area contributed by atoms with Crippen LogP contribution in [-0.2, 0) is 13.0 Å². The zero-order valence-corrected chi connectivity index (χ0v) is 11.0. The third-order valence-corrected chi connectivity index (χ3v) is 3.38. The van der Waals surface area contributed by atoms with Gasteiger partial charge in [-0.1, -0.05) is 36.4 Å². The average molecular weight is 266 g/mol. The highest BCUT2D eigenvalue weighted by Gasteiger charge is 2.04. The Labute approximate surface area is 117 Å². The van der Waals surface area contributed by atoms with Gasteiger partial charge in [0.25, 0.3) is 0 Å². The van der Waals surface area contributed by atoms with E-state index in [4.69, 9.17) is 5.73 Å². The number of rotatable bonds is 3. The first-order valence-electron chi connectivity index (χ1n) is 6.58. The number of hydrogen-bond donors (Lipinski definition) is 1. The van der Waals surface area contributed by atoms with Crippen molar-refractivity contribution in [2.75, 3.05) is 0 Å². The maximum atomic E-state index is 13.7. The molecule has 3 aromatic rings. The molecule has 20 heavy (non-hydrogen) atoms. The number of para-hydroxylation sites is 1. The molecule has 0 fully saturated rings. The molecule has 1 aromatic heterocycles. The van der Waals surface area contributed by atoms with Crippen molar-refractivity contribution < 1.29 is 4.39 Å². The summed E-state index contributed by atoms with van der Waals surface area (Å²) < 4.78 is 13.7. The lowest BCUT2D eigenvalue weighted by Gasteiger charge is -2.05. The predicted octanol–water partition coefficient (Wildman–Crippen LogP) is 3.42. The maximum Gasteiger partial charge on any atom is 0.127 e. The zero-order valence-electron chi connectivity index (χ0n) is 11.0. The Kier molecular flexibility index (Phi) is 3.44. The summed E-state index contributed by atoms with van der Waals surface area (Å²) in [5.74, 6) is -0.245. The van der Waals surface area contributed by atoms with Crippen molar-refractivity contribution in [2.24, 2.45) is 5.73 Å². The largest absolute Gasteiger partial charge is 0.326 e. The Hall–Kier alpha value is -2.26. The number of benzene rings is 2. The minimum atomic E-state index is -0.245. The summed E-state index contributed by atoms with van der Waals surface area (Å²) in [5.41, 5.74) is 8.81. The fraction of sp³-hybridized carbons (Fsp3) is 0.118. The molecule has 0 unspecified atom stereocenters. The predicted molar refractivity (Wildman–Crippen MR) is 78.8 cm³/mol. The molecule has 0 radical (unpaired) electrons. The van der Waals surface area contributed by atoms with Crippen LogP contribution in [0.3, 0.4) is 0 Å². The molecular weight excluding hydrogens is 251 g/mol. The van der Waals surface area contributed by atoms with Crippen LogP contribution in [0.2, 0.25) is 0 Å². The van der Waals surface area contributed by atoms with Crippen molar-refractivity contribution in [3.8, 4) is 0 Å². The monoisotopic (exact) mass is 266 g/mol. The van der Waals surface area contributed by atoms with Crippen LogP contribution in [0.25, 0.3) is 10.9 Å². The van der Waals surface area contributed by atoms with Crippen LogP contribution in [-0.4, -0.2) is 4.98 Å². The standard InChI is InChI=1S/C17H15FN2/c18-16-10-12(5-6-14(16)11-19)9-15-8-7-13-3-1-2-4-17(13)20-15/h1-8,10H,9,11,19H2. The second kappa shape index (κ2) is 5.39. The van der Waals surface area contributed by atoms with E-state index in [0.29, 0.717) is 12.0 Å². The fourth-order valence-electron chi connectivity index (χ4n) is 2.28. The van der Waals surface area contributed by atoms with Gasteiger partial charge in [-0.25, -0.2) is 4.39 Å². The van der Waals surface area contributed by atoms with Crippen LogP contribution in [0.15, 0.2) is 54.6 Å². The molecule has 2 N–H and O–H groups in total. The number of pyridine rings is 1. The van der Waals surface area contributed by atoms with E-state index in [2.05, 4.69) is 4.98 Å². The van der Waals surface area contributed by atoms with E-state index >= 15 is 0 Å². The molecule has 1 heterocycles. The molecule has 0 bridgehead atoms. The molecule has 0 amide bonds. The van der Waals surface area contributed by atoms with Crippen LogP contribution in [0.1, 0.15) is 16.8 Å². The maximum absolute atomic E-state index is 13.7. The van der Waals surface area contributed by atoms with E-state index < -0.39 is 0 Å². The van der Waals surface area contributed by atoms with E-state index in [1.165, 1.54) is 0 Å². The topological polar surface area (TPSA) is 38.9 Å². The molecule has 0 saturated carbocycles. The van der Waals surface area contributed by atoms with Crippen molar-refractivity contribution in [3.05, 3.63) is 77.2 Å². The number of fused-ring (bicyclic) bond motifs is 1. The SMILES string of the molecule is NCc1ccc(Cc2ccc3ccccc3n2)cc1F. The van der Waals surface area contributed by atoms with Gasteiger partial charge >= 0.3 is 0 Å².